The molecule has 5 N–H and O–H groups in total. The number of piperidine rings is 1. The van der Waals surface area contributed by atoms with Gasteiger partial charge in [-0.15, -0.1) is 0 Å². The van der Waals surface area contributed by atoms with Crippen molar-refractivity contribution in [2.75, 3.05) is 34.4 Å². The highest BCUT2D eigenvalue weighted by Gasteiger charge is 2.44. The largest absolute Gasteiger partial charge is 0.500 e. The van der Waals surface area contributed by atoms with Crippen molar-refractivity contribution in [1.29, 1.82) is 0 Å². The van der Waals surface area contributed by atoms with Gasteiger partial charge in [0, 0.05) is 36.9 Å². The lowest BCUT2D eigenvalue weighted by Gasteiger charge is -2.49. The number of carboxylic acids is 2. The van der Waals surface area contributed by atoms with Crippen LogP contribution in [0.4, 0.5) is 0 Å². The summed E-state index contributed by atoms with van der Waals surface area (Å²) in [5, 5.41) is 32.5. The number of carbonyl (C=O) groups is 2. The van der Waals surface area contributed by atoms with Gasteiger partial charge in [-0.3, -0.25) is 9.45 Å². The molecule has 6 unspecified atom stereocenters. The van der Waals surface area contributed by atoms with E-state index in [1.165, 1.54) is 31.4 Å². The number of aliphatic hydroxyl groups is 2. The Balaban J connectivity index is 0.000000382. The number of methoxy groups -OCH3 is 3. The molecule has 0 spiro atoms. The normalized spacial score (nSPS) is 25.3. The summed E-state index contributed by atoms with van der Waals surface area (Å²) in [6.45, 7) is 1.69. The molecule has 0 aromatic heterocycles. The molecule has 2 aliphatic heterocycles. The van der Waals surface area contributed by atoms with Crippen molar-refractivity contribution < 1.29 is 57.2 Å². The van der Waals surface area contributed by atoms with Gasteiger partial charge in [0.1, 0.15) is 10.7 Å². The van der Waals surface area contributed by atoms with E-state index in [1.54, 1.807) is 13.2 Å². The molecule has 2 aliphatic carbocycles. The zero-order chi connectivity index (χ0) is 32.3. The fraction of sp³-hybridized carbons (Fsp3) is 0.400. The molecule has 1 saturated heterocycles. The molecule has 0 saturated carbocycles. The number of benzene rings is 1. The van der Waals surface area contributed by atoms with Crippen molar-refractivity contribution >= 4 is 22.1 Å². The quantitative estimate of drug-likeness (QED) is 0.260. The maximum Gasteiger partial charge on any atom is 0.335 e. The summed E-state index contributed by atoms with van der Waals surface area (Å²) < 4.78 is 50.8. The number of fused-ring (bicyclic) bond motifs is 4. The van der Waals surface area contributed by atoms with Crippen molar-refractivity contribution in [3.8, 4) is 11.5 Å². The van der Waals surface area contributed by atoms with Gasteiger partial charge in [-0.1, -0.05) is 42.0 Å². The van der Waals surface area contributed by atoms with E-state index in [4.69, 9.17) is 34.6 Å². The summed E-state index contributed by atoms with van der Waals surface area (Å²) in [5.74, 6) is -2.31. The summed E-state index contributed by atoms with van der Waals surface area (Å²) in [7, 11) is -0.112. The lowest BCUT2D eigenvalue weighted by molar-refractivity contribution is -0.165. The maximum absolute atomic E-state index is 12.2. The van der Waals surface area contributed by atoms with Gasteiger partial charge in [-0.25, -0.2) is 9.59 Å². The van der Waals surface area contributed by atoms with Crippen molar-refractivity contribution in [3.63, 3.8) is 0 Å². The summed E-state index contributed by atoms with van der Waals surface area (Å²) in [5.41, 5.74) is 3.39. The smallest absolute Gasteiger partial charge is 0.335 e. The van der Waals surface area contributed by atoms with Crippen LogP contribution in [0.1, 0.15) is 17.9 Å². The fourth-order valence-corrected chi connectivity index (χ4v) is 6.83. The van der Waals surface area contributed by atoms with Gasteiger partial charge < -0.3 is 34.6 Å². The summed E-state index contributed by atoms with van der Waals surface area (Å²) in [6, 6.07) is 3.65. The molecule has 6 atom stereocenters. The number of ether oxygens (including phenoxy) is 3. The van der Waals surface area contributed by atoms with Crippen LogP contribution in [-0.4, -0.2) is 103 Å². The first-order valence-electron chi connectivity index (χ1n) is 13.6. The Morgan fingerprint density at radius 3 is 2.23 bits per heavy atom. The van der Waals surface area contributed by atoms with E-state index in [0.29, 0.717) is 17.5 Å². The Morgan fingerprint density at radius 2 is 1.66 bits per heavy atom. The lowest BCUT2D eigenvalue weighted by Crippen LogP contribution is -2.52. The third kappa shape index (κ3) is 6.59. The molecule has 2 heterocycles. The summed E-state index contributed by atoms with van der Waals surface area (Å²) >= 11 is 0. The van der Waals surface area contributed by atoms with Crippen LogP contribution in [0.5, 0.6) is 11.5 Å². The van der Waals surface area contributed by atoms with Crippen molar-refractivity contribution in [2.24, 2.45) is 11.8 Å². The zero-order valence-corrected chi connectivity index (χ0v) is 25.0. The van der Waals surface area contributed by atoms with Crippen LogP contribution in [-0.2, 0) is 24.4 Å². The standard InChI is InChI=1S/C26H29NO6S.C4H6O6/c1-31-22-9-8-17-12-21-19-7-5-4-6-16(19)10-11-27(21)15-20(17)25(22)18-13-23(32-2)26(33-3)24(14-18)34(28,29)30;5-1(3(7)8)2(6)4(9)10/h4-10,13-14,19-21,25H,11-12,15H2,1-3H3,(H,28,29,30);1-2,5-6H,(H,7,8)(H,9,10). The SMILES string of the molecule is COC1=CC=C2CC3C4C=CC=CC4=CCN3CC2C1c1cc(OC)c(OC)c(S(=O)(=O)O)c1.O=C(O)C(O)C(O)C(=O)O. The molecule has 14 heteroatoms. The van der Waals surface area contributed by atoms with E-state index < -0.39 is 34.3 Å². The minimum Gasteiger partial charge on any atom is -0.500 e. The monoisotopic (exact) mass is 633 g/mol. The molecule has 5 rings (SSSR count). The van der Waals surface area contributed by atoms with Crippen molar-refractivity contribution in [3.05, 3.63) is 77.1 Å². The first-order chi connectivity index (χ1) is 20.8. The minimum absolute atomic E-state index is 0.0159. The molecule has 1 aromatic carbocycles. The number of hydrogen-bond acceptors (Lipinski definition) is 10. The Kier molecular flexibility index (Phi) is 10.0. The van der Waals surface area contributed by atoms with E-state index in [9.17, 15) is 22.6 Å². The minimum atomic E-state index is -4.54. The second-order valence-electron chi connectivity index (χ2n) is 10.6. The topological polar surface area (TPSA) is 200 Å². The van der Waals surface area contributed by atoms with Gasteiger partial charge in [-0.05, 0) is 35.8 Å². The highest BCUT2D eigenvalue weighted by molar-refractivity contribution is 7.86. The molecule has 1 aromatic rings. The van der Waals surface area contributed by atoms with Gasteiger partial charge in [0.25, 0.3) is 10.1 Å². The first-order valence-corrected chi connectivity index (χ1v) is 15.0. The second-order valence-corrected chi connectivity index (χ2v) is 12.0. The molecule has 238 valence electrons. The molecule has 0 bridgehead atoms. The van der Waals surface area contributed by atoms with Crippen LogP contribution >= 0.6 is 0 Å². The van der Waals surface area contributed by atoms with E-state index in [1.807, 2.05) is 6.08 Å². The average Bonchev–Trinajstić information content (AvgIpc) is 3.01. The van der Waals surface area contributed by atoms with Crippen LogP contribution in [0.25, 0.3) is 0 Å². The van der Waals surface area contributed by atoms with Gasteiger partial charge in [0.15, 0.2) is 23.7 Å². The molecular weight excluding hydrogens is 598 g/mol. The van der Waals surface area contributed by atoms with Gasteiger partial charge in [0.05, 0.1) is 21.3 Å². The van der Waals surface area contributed by atoms with E-state index in [2.05, 4.69) is 41.4 Å². The van der Waals surface area contributed by atoms with E-state index in [-0.39, 0.29) is 28.2 Å². The number of aliphatic hydroxyl groups excluding tert-OH is 2. The van der Waals surface area contributed by atoms with Gasteiger partial charge in [-0.2, -0.15) is 8.42 Å². The molecule has 44 heavy (non-hydrogen) atoms. The molecular formula is C30H35NO12S. The number of aliphatic carboxylic acids is 2. The highest BCUT2D eigenvalue weighted by atomic mass is 32.2. The third-order valence-corrected chi connectivity index (χ3v) is 9.08. The van der Waals surface area contributed by atoms with Gasteiger partial charge in [0.2, 0.25) is 0 Å². The van der Waals surface area contributed by atoms with Crippen LogP contribution in [0.2, 0.25) is 0 Å². The predicted molar refractivity (Wildman–Crippen MR) is 156 cm³/mol. The Hall–Kier alpha value is -3.95. The Bertz CT molecular complexity index is 1540. The summed E-state index contributed by atoms with van der Waals surface area (Å²) in [4.78, 5) is 21.7. The Morgan fingerprint density at radius 1 is 0.977 bits per heavy atom. The van der Waals surface area contributed by atoms with Crippen LogP contribution in [0, 0.1) is 11.8 Å². The first kappa shape index (κ1) is 33.0. The van der Waals surface area contributed by atoms with Crippen molar-refractivity contribution in [2.45, 2.75) is 35.5 Å². The molecule has 1 fully saturated rings. The third-order valence-electron chi connectivity index (χ3n) is 8.22. The molecule has 0 radical (unpaired) electrons. The van der Waals surface area contributed by atoms with Crippen LogP contribution in [0.3, 0.4) is 0 Å². The highest BCUT2D eigenvalue weighted by Crippen LogP contribution is 2.49. The van der Waals surface area contributed by atoms with Gasteiger partial charge >= 0.3 is 11.9 Å². The number of nitrogens with zero attached hydrogens (tertiary/aromatic N) is 1. The number of rotatable bonds is 8. The zero-order valence-electron chi connectivity index (χ0n) is 24.2. The Labute approximate surface area is 254 Å². The number of carboxylic acid groups (broad SMARTS) is 2. The second kappa shape index (κ2) is 13.4. The average molecular weight is 634 g/mol. The number of allylic oxidation sites excluding steroid dienone is 6. The maximum atomic E-state index is 12.2. The number of hydrogen-bond donors (Lipinski definition) is 5. The van der Waals surface area contributed by atoms with Crippen LogP contribution < -0.4 is 9.47 Å². The predicted octanol–water partition coefficient (Wildman–Crippen LogP) is 1.75. The lowest BCUT2D eigenvalue weighted by atomic mass is 9.69. The summed E-state index contributed by atoms with van der Waals surface area (Å²) in [6.07, 6.45) is 11.5. The van der Waals surface area contributed by atoms with E-state index >= 15 is 0 Å². The fourth-order valence-electron chi connectivity index (χ4n) is 6.13. The molecule has 4 aliphatic rings. The molecule has 0 amide bonds. The van der Waals surface area contributed by atoms with Crippen molar-refractivity contribution in [1.82, 2.24) is 4.90 Å². The van der Waals surface area contributed by atoms with Crippen LogP contribution in [0.15, 0.2) is 76.5 Å². The van der Waals surface area contributed by atoms with E-state index in [0.717, 1.165) is 25.3 Å². The molecule has 13 nitrogen and oxygen atoms in total.